The van der Waals surface area contributed by atoms with E-state index in [1.807, 2.05) is 0 Å². The third-order valence-corrected chi connectivity index (χ3v) is 5.82. The van der Waals surface area contributed by atoms with E-state index in [-0.39, 0.29) is 16.7 Å². The summed E-state index contributed by atoms with van der Waals surface area (Å²) in [6.07, 6.45) is 0.511. The summed E-state index contributed by atoms with van der Waals surface area (Å²) >= 11 is 0. The van der Waals surface area contributed by atoms with Crippen LogP contribution in [0.1, 0.15) is 26.3 Å². The third-order valence-electron chi connectivity index (χ3n) is 2.74. The van der Waals surface area contributed by atoms with Gasteiger partial charge in [-0.25, -0.2) is 26.3 Å². The van der Waals surface area contributed by atoms with Gasteiger partial charge in [0.15, 0.2) is 0 Å². The zero-order valence-corrected chi connectivity index (χ0v) is 14.1. The first-order valence-electron chi connectivity index (χ1n) is 6.75. The second kappa shape index (κ2) is 7.35. The Bertz CT molecular complexity index is 650. The fourth-order valence-corrected chi connectivity index (χ4v) is 3.53. The summed E-state index contributed by atoms with van der Waals surface area (Å²) in [7, 11) is -6.68. The van der Waals surface area contributed by atoms with Gasteiger partial charge >= 0.3 is 0 Å². The predicted molar refractivity (Wildman–Crippen MR) is 83.1 cm³/mol. The molecule has 1 aromatic carbocycles. The molecule has 120 valence electrons. The van der Waals surface area contributed by atoms with Crippen LogP contribution in [0.2, 0.25) is 0 Å². The van der Waals surface area contributed by atoms with Gasteiger partial charge in [-0.05, 0) is 44.9 Å². The van der Waals surface area contributed by atoms with E-state index in [9.17, 15) is 16.8 Å². The van der Waals surface area contributed by atoms with Gasteiger partial charge in [-0.2, -0.15) is 0 Å². The lowest BCUT2D eigenvalue weighted by Gasteiger charge is -2.10. The standard InChI is InChI=1S/C13H22N2O4S2/c1-4-20(16,17)14-10-9-12-5-7-13(8-6-12)21(18,19)15-11(2)3/h5-8,11,14-15H,4,9-10H2,1-3H3. The molecule has 6 nitrogen and oxygen atoms in total. The van der Waals surface area contributed by atoms with Crippen LogP contribution in [0.15, 0.2) is 29.2 Å². The molecule has 21 heavy (non-hydrogen) atoms. The van der Waals surface area contributed by atoms with Crippen LogP contribution in [-0.4, -0.2) is 35.2 Å². The van der Waals surface area contributed by atoms with Gasteiger partial charge in [-0.1, -0.05) is 12.1 Å². The zero-order chi connectivity index (χ0) is 16.1. The SMILES string of the molecule is CCS(=O)(=O)NCCc1ccc(S(=O)(=O)NC(C)C)cc1. The molecule has 0 unspecified atom stereocenters. The fourth-order valence-electron chi connectivity index (χ4n) is 1.67. The maximum atomic E-state index is 11.9. The van der Waals surface area contributed by atoms with Gasteiger partial charge in [0.1, 0.15) is 0 Å². The van der Waals surface area contributed by atoms with Crippen molar-refractivity contribution in [3.8, 4) is 0 Å². The van der Waals surface area contributed by atoms with Crippen LogP contribution >= 0.6 is 0 Å². The molecule has 0 bridgehead atoms. The number of hydrogen-bond acceptors (Lipinski definition) is 4. The highest BCUT2D eigenvalue weighted by molar-refractivity contribution is 7.89. The topological polar surface area (TPSA) is 92.3 Å². The lowest BCUT2D eigenvalue weighted by Crippen LogP contribution is -2.30. The zero-order valence-electron chi connectivity index (χ0n) is 12.5. The van der Waals surface area contributed by atoms with Crippen molar-refractivity contribution in [2.24, 2.45) is 0 Å². The summed E-state index contributed by atoms with van der Waals surface area (Å²) in [5.74, 6) is 0.0467. The molecule has 0 aliphatic heterocycles. The van der Waals surface area contributed by atoms with Crippen molar-refractivity contribution in [1.29, 1.82) is 0 Å². The van der Waals surface area contributed by atoms with Crippen molar-refractivity contribution in [3.63, 3.8) is 0 Å². The monoisotopic (exact) mass is 334 g/mol. The molecule has 0 aliphatic carbocycles. The highest BCUT2D eigenvalue weighted by Gasteiger charge is 2.14. The first kappa shape index (κ1) is 18.1. The summed E-state index contributed by atoms with van der Waals surface area (Å²) in [6.45, 7) is 5.38. The van der Waals surface area contributed by atoms with Crippen molar-refractivity contribution < 1.29 is 16.8 Å². The minimum atomic E-state index is -3.49. The van der Waals surface area contributed by atoms with Crippen LogP contribution in [0.25, 0.3) is 0 Å². The first-order valence-corrected chi connectivity index (χ1v) is 9.88. The van der Waals surface area contributed by atoms with Crippen molar-refractivity contribution >= 4 is 20.0 Å². The van der Waals surface area contributed by atoms with Crippen LogP contribution in [-0.2, 0) is 26.5 Å². The van der Waals surface area contributed by atoms with E-state index in [4.69, 9.17) is 0 Å². The van der Waals surface area contributed by atoms with E-state index in [1.165, 1.54) is 12.1 Å². The number of nitrogens with one attached hydrogen (secondary N) is 2. The number of sulfonamides is 2. The van der Waals surface area contributed by atoms with E-state index in [1.54, 1.807) is 32.9 Å². The van der Waals surface area contributed by atoms with Crippen LogP contribution in [0.5, 0.6) is 0 Å². The van der Waals surface area contributed by atoms with E-state index in [0.717, 1.165) is 5.56 Å². The van der Waals surface area contributed by atoms with Crippen molar-refractivity contribution in [3.05, 3.63) is 29.8 Å². The molecule has 0 heterocycles. The average molecular weight is 334 g/mol. The van der Waals surface area contributed by atoms with E-state index in [2.05, 4.69) is 9.44 Å². The van der Waals surface area contributed by atoms with Crippen molar-refractivity contribution in [2.75, 3.05) is 12.3 Å². The molecule has 0 aliphatic rings. The summed E-state index contributed by atoms with van der Waals surface area (Å²) in [6, 6.07) is 6.26. The Morgan fingerprint density at radius 1 is 1.05 bits per heavy atom. The molecule has 1 rings (SSSR count). The summed E-state index contributed by atoms with van der Waals surface area (Å²) in [4.78, 5) is 0.203. The number of hydrogen-bond donors (Lipinski definition) is 2. The lowest BCUT2D eigenvalue weighted by molar-refractivity contribution is 0.569. The summed E-state index contributed by atoms with van der Waals surface area (Å²) in [5.41, 5.74) is 0.873. The molecule has 0 radical (unpaired) electrons. The Labute approximate surface area is 127 Å². The molecule has 0 spiro atoms. The third kappa shape index (κ3) is 6.13. The molecule has 0 aromatic heterocycles. The molecular weight excluding hydrogens is 312 g/mol. The second-order valence-corrected chi connectivity index (χ2v) is 8.78. The van der Waals surface area contributed by atoms with Crippen molar-refractivity contribution in [2.45, 2.75) is 38.1 Å². The molecule has 0 saturated heterocycles. The molecule has 0 saturated carbocycles. The van der Waals surface area contributed by atoms with E-state index in [0.29, 0.717) is 13.0 Å². The van der Waals surface area contributed by atoms with Gasteiger partial charge < -0.3 is 0 Å². The predicted octanol–water partition coefficient (Wildman–Crippen LogP) is 0.855. The molecule has 0 amide bonds. The van der Waals surface area contributed by atoms with Crippen LogP contribution in [0.4, 0.5) is 0 Å². The van der Waals surface area contributed by atoms with Gasteiger partial charge in [0.2, 0.25) is 20.0 Å². The quantitative estimate of drug-likeness (QED) is 0.737. The molecule has 0 fully saturated rings. The highest BCUT2D eigenvalue weighted by atomic mass is 32.2. The van der Waals surface area contributed by atoms with Gasteiger partial charge in [-0.3, -0.25) is 0 Å². The minimum absolute atomic E-state index is 0.0467. The second-order valence-electron chi connectivity index (χ2n) is 4.97. The summed E-state index contributed by atoms with van der Waals surface area (Å²) < 4.78 is 51.4. The van der Waals surface area contributed by atoms with Gasteiger partial charge in [-0.15, -0.1) is 0 Å². The molecule has 0 atom stereocenters. The molecule has 8 heteroatoms. The van der Waals surface area contributed by atoms with Crippen molar-refractivity contribution in [1.82, 2.24) is 9.44 Å². The number of rotatable bonds is 8. The van der Waals surface area contributed by atoms with Crippen LogP contribution < -0.4 is 9.44 Å². The lowest BCUT2D eigenvalue weighted by atomic mass is 10.2. The Kier molecular flexibility index (Phi) is 6.33. The maximum absolute atomic E-state index is 11.9. The largest absolute Gasteiger partial charge is 0.240 e. The van der Waals surface area contributed by atoms with Gasteiger partial charge in [0.05, 0.1) is 10.6 Å². The van der Waals surface area contributed by atoms with Crippen LogP contribution in [0.3, 0.4) is 0 Å². The number of benzene rings is 1. The minimum Gasteiger partial charge on any atom is -0.215 e. The Morgan fingerprint density at radius 2 is 1.62 bits per heavy atom. The molecular formula is C13H22N2O4S2. The Morgan fingerprint density at radius 3 is 2.10 bits per heavy atom. The van der Waals surface area contributed by atoms with Gasteiger partial charge in [0, 0.05) is 12.6 Å². The summed E-state index contributed by atoms with van der Waals surface area (Å²) in [5, 5.41) is 0. The smallest absolute Gasteiger partial charge is 0.215 e. The van der Waals surface area contributed by atoms with E-state index >= 15 is 0 Å². The first-order chi connectivity index (χ1) is 9.66. The average Bonchev–Trinajstić information content (AvgIpc) is 2.38. The molecule has 2 N–H and O–H groups in total. The van der Waals surface area contributed by atoms with Crippen LogP contribution in [0, 0.1) is 0 Å². The highest BCUT2D eigenvalue weighted by Crippen LogP contribution is 2.11. The van der Waals surface area contributed by atoms with E-state index < -0.39 is 20.0 Å². The maximum Gasteiger partial charge on any atom is 0.240 e. The van der Waals surface area contributed by atoms with Gasteiger partial charge in [0.25, 0.3) is 0 Å². The Hall–Kier alpha value is -0.960. The molecule has 1 aromatic rings. The Balaban J connectivity index is 2.67. The normalized spacial score (nSPS) is 12.8. The fraction of sp³-hybridized carbons (Fsp3) is 0.538.